The second kappa shape index (κ2) is 6.92. The maximum Gasteiger partial charge on any atom is 0.199 e. The Kier molecular flexibility index (Phi) is 6.81. The molecule has 0 aliphatic rings. The lowest BCUT2D eigenvalue weighted by molar-refractivity contribution is 0.0820. The number of rotatable bonds is 8. The van der Waals surface area contributed by atoms with E-state index in [9.17, 15) is 0 Å². The summed E-state index contributed by atoms with van der Waals surface area (Å²) in [5.74, 6) is 2.91. The maximum absolute atomic E-state index is 6.42. The van der Waals surface area contributed by atoms with Crippen LogP contribution in [0.15, 0.2) is 24.8 Å². The van der Waals surface area contributed by atoms with Gasteiger partial charge in [-0.15, -0.1) is 13.0 Å². The second-order valence-corrected chi connectivity index (χ2v) is 12.3. The van der Waals surface area contributed by atoms with Crippen LogP contribution in [-0.4, -0.2) is 18.9 Å². The molecule has 1 nitrogen and oxygen atoms in total. The summed E-state index contributed by atoms with van der Waals surface area (Å²) in [6, 6.07) is 0. The highest BCUT2D eigenvalue weighted by Gasteiger charge is 2.39. The minimum atomic E-state index is -1.81. The quantitative estimate of drug-likeness (QED) is 0.258. The van der Waals surface area contributed by atoms with Gasteiger partial charge in [-0.3, -0.25) is 0 Å². The summed E-state index contributed by atoms with van der Waals surface area (Å²) in [6.07, 6.45) is 9.24. The van der Waals surface area contributed by atoms with Crippen LogP contribution in [0.5, 0.6) is 0 Å². The normalized spacial score (nSPS) is 15.4. The molecule has 0 saturated carbocycles. The van der Waals surface area contributed by atoms with Gasteiger partial charge in [-0.2, -0.15) is 0 Å². The van der Waals surface area contributed by atoms with Crippen molar-refractivity contribution >= 4 is 24.2 Å². The zero-order valence-corrected chi connectivity index (χ0v) is 15.6. The van der Waals surface area contributed by atoms with E-state index < -0.39 is 13.9 Å². The standard InChI is InChI=1S/C16H27BrOSi/c1-9-15(5,6)12-16(10-2,11-14(3)4)18-19(7,8)13-17/h2,9H,1,3,11-13H2,4-8H3. The van der Waals surface area contributed by atoms with Crippen LogP contribution >= 0.6 is 15.9 Å². The predicted octanol–water partition coefficient (Wildman–Crippen LogP) is 5.08. The lowest BCUT2D eigenvalue weighted by Gasteiger charge is -2.40. The van der Waals surface area contributed by atoms with Crippen LogP contribution in [0, 0.1) is 17.8 Å². The Bertz CT molecular complexity index is 379. The van der Waals surface area contributed by atoms with Gasteiger partial charge in [0.15, 0.2) is 8.32 Å². The monoisotopic (exact) mass is 342 g/mol. The fraction of sp³-hybridized carbons (Fsp3) is 0.625. The van der Waals surface area contributed by atoms with Crippen molar-refractivity contribution in [3.05, 3.63) is 24.8 Å². The van der Waals surface area contributed by atoms with Crippen LogP contribution in [0.25, 0.3) is 0 Å². The van der Waals surface area contributed by atoms with E-state index in [1.165, 1.54) is 0 Å². The van der Waals surface area contributed by atoms with Crippen LogP contribution < -0.4 is 0 Å². The average molecular weight is 343 g/mol. The Morgan fingerprint density at radius 1 is 1.47 bits per heavy atom. The van der Waals surface area contributed by atoms with Crippen molar-refractivity contribution < 1.29 is 4.43 Å². The summed E-state index contributed by atoms with van der Waals surface area (Å²) in [6.45, 7) is 18.5. The van der Waals surface area contributed by atoms with Crippen molar-refractivity contribution in [3.8, 4) is 12.3 Å². The van der Waals surface area contributed by atoms with Crippen LogP contribution in [0.4, 0.5) is 0 Å². The van der Waals surface area contributed by atoms with E-state index in [1.807, 2.05) is 13.0 Å². The van der Waals surface area contributed by atoms with Gasteiger partial charge < -0.3 is 4.43 Å². The topological polar surface area (TPSA) is 9.23 Å². The van der Waals surface area contributed by atoms with Crippen molar-refractivity contribution in [2.24, 2.45) is 5.41 Å². The molecule has 3 heteroatoms. The van der Waals surface area contributed by atoms with Crippen molar-refractivity contribution in [2.75, 3.05) is 4.95 Å². The molecule has 0 rings (SSSR count). The van der Waals surface area contributed by atoms with Gasteiger partial charge in [0.2, 0.25) is 0 Å². The van der Waals surface area contributed by atoms with Crippen molar-refractivity contribution in [3.63, 3.8) is 0 Å². The van der Waals surface area contributed by atoms with Gasteiger partial charge in [0, 0.05) is 11.4 Å². The molecular formula is C16H27BrOSi. The SMILES string of the molecule is C#CC(CC(=C)C)(CC(C)(C)C=C)O[Si](C)(C)CBr. The fourth-order valence-electron chi connectivity index (χ4n) is 2.12. The number of halogens is 1. The molecule has 0 aromatic rings. The summed E-state index contributed by atoms with van der Waals surface area (Å²) in [4.78, 5) is 0.869. The molecule has 0 bridgehead atoms. The highest BCUT2D eigenvalue weighted by molar-refractivity contribution is 9.09. The first-order valence-electron chi connectivity index (χ1n) is 6.53. The summed E-state index contributed by atoms with van der Waals surface area (Å²) >= 11 is 3.54. The molecule has 0 N–H and O–H groups in total. The molecule has 0 saturated heterocycles. The average Bonchev–Trinajstić information content (AvgIpc) is 2.27. The number of hydrogen-bond acceptors (Lipinski definition) is 1. The molecule has 0 aliphatic heterocycles. The smallest absolute Gasteiger partial charge is 0.199 e. The van der Waals surface area contributed by atoms with Gasteiger partial charge in [0.1, 0.15) is 5.60 Å². The molecule has 0 aromatic heterocycles. The molecule has 108 valence electrons. The molecule has 0 fully saturated rings. The number of allylic oxidation sites excluding steroid dienone is 1. The summed E-state index contributed by atoms with van der Waals surface area (Å²) < 4.78 is 6.42. The van der Waals surface area contributed by atoms with Gasteiger partial charge in [-0.25, -0.2) is 0 Å². The molecular weight excluding hydrogens is 316 g/mol. The van der Waals surface area contributed by atoms with Crippen molar-refractivity contribution in [1.29, 1.82) is 0 Å². The molecule has 0 heterocycles. The number of terminal acetylenes is 1. The Labute approximate surface area is 128 Å². The first-order valence-corrected chi connectivity index (χ1v) is 10.8. The maximum atomic E-state index is 6.42. The third kappa shape index (κ3) is 6.60. The molecule has 0 radical (unpaired) electrons. The highest BCUT2D eigenvalue weighted by Crippen LogP contribution is 2.37. The zero-order valence-electron chi connectivity index (χ0n) is 13.0. The van der Waals surface area contributed by atoms with E-state index in [2.05, 4.69) is 61.9 Å². The molecule has 1 atom stereocenters. The summed E-state index contributed by atoms with van der Waals surface area (Å²) in [5, 5.41) is 0. The Morgan fingerprint density at radius 2 is 2.00 bits per heavy atom. The van der Waals surface area contributed by atoms with E-state index in [1.54, 1.807) is 0 Å². The molecule has 1 unspecified atom stereocenters. The minimum Gasteiger partial charge on any atom is -0.400 e. The van der Waals surface area contributed by atoms with E-state index in [-0.39, 0.29) is 5.41 Å². The Balaban J connectivity index is 5.39. The first kappa shape index (κ1) is 18.7. The molecule has 0 aliphatic carbocycles. The third-order valence-corrected chi connectivity index (χ3v) is 8.58. The lowest BCUT2D eigenvalue weighted by atomic mass is 9.78. The Hall–Kier alpha value is -0.303. The fourth-order valence-corrected chi connectivity index (χ4v) is 3.78. The largest absolute Gasteiger partial charge is 0.400 e. The van der Waals surface area contributed by atoms with Gasteiger partial charge in [-0.05, 0) is 31.9 Å². The van der Waals surface area contributed by atoms with E-state index >= 15 is 0 Å². The summed E-state index contributed by atoms with van der Waals surface area (Å²) in [7, 11) is -1.81. The van der Waals surface area contributed by atoms with Gasteiger partial charge >= 0.3 is 0 Å². The molecule has 0 amide bonds. The highest BCUT2D eigenvalue weighted by atomic mass is 79.9. The number of hydrogen-bond donors (Lipinski definition) is 0. The van der Waals surface area contributed by atoms with Crippen LogP contribution in [0.3, 0.4) is 0 Å². The minimum absolute atomic E-state index is 0.0569. The van der Waals surface area contributed by atoms with Gasteiger partial charge in [0.05, 0.1) is 0 Å². The second-order valence-electron chi connectivity index (χ2n) is 6.64. The van der Waals surface area contributed by atoms with Crippen LogP contribution in [-0.2, 0) is 4.43 Å². The molecule has 19 heavy (non-hydrogen) atoms. The zero-order chi connectivity index (χ0) is 15.3. The third-order valence-electron chi connectivity index (χ3n) is 2.94. The summed E-state index contributed by atoms with van der Waals surface area (Å²) in [5.41, 5.74) is 0.420. The van der Waals surface area contributed by atoms with Crippen LogP contribution in [0.1, 0.15) is 33.6 Å². The van der Waals surface area contributed by atoms with Crippen molar-refractivity contribution in [2.45, 2.75) is 52.3 Å². The van der Waals surface area contributed by atoms with Gasteiger partial charge in [-0.1, -0.05) is 53.9 Å². The Morgan fingerprint density at radius 3 is 2.32 bits per heavy atom. The van der Waals surface area contributed by atoms with Gasteiger partial charge in [0.25, 0.3) is 0 Å². The van der Waals surface area contributed by atoms with E-state index in [0.29, 0.717) is 6.42 Å². The van der Waals surface area contributed by atoms with Crippen LogP contribution in [0.2, 0.25) is 13.1 Å². The lowest BCUT2D eigenvalue weighted by Crippen LogP contribution is -2.47. The molecule has 0 aromatic carbocycles. The molecule has 0 spiro atoms. The van der Waals surface area contributed by atoms with E-state index in [0.717, 1.165) is 16.9 Å². The first-order chi connectivity index (χ1) is 8.51. The van der Waals surface area contributed by atoms with Crippen molar-refractivity contribution in [1.82, 2.24) is 0 Å². The predicted molar refractivity (Wildman–Crippen MR) is 92.0 cm³/mol. The number of alkyl halides is 1. The van der Waals surface area contributed by atoms with E-state index in [4.69, 9.17) is 10.8 Å².